The normalized spacial score (nSPS) is 27.2. The molecule has 2 nitrogen and oxygen atoms in total. The highest BCUT2D eigenvalue weighted by atomic mass is 79.9. The third-order valence-corrected chi connectivity index (χ3v) is 5.18. The van der Waals surface area contributed by atoms with Gasteiger partial charge in [-0.3, -0.25) is 4.90 Å². The molecule has 2 unspecified atom stereocenters. The first-order chi connectivity index (χ1) is 7.69. The highest BCUT2D eigenvalue weighted by Gasteiger charge is 2.25. The van der Waals surface area contributed by atoms with Crippen LogP contribution in [0.25, 0.3) is 0 Å². The smallest absolute Gasteiger partial charge is 0.0328 e. The molecule has 90 valence electrons. The Morgan fingerprint density at radius 3 is 3.06 bits per heavy atom. The van der Waals surface area contributed by atoms with Crippen LogP contribution in [0.4, 0.5) is 0 Å². The van der Waals surface area contributed by atoms with E-state index in [9.17, 15) is 0 Å². The molecule has 2 N–H and O–H groups in total. The van der Waals surface area contributed by atoms with E-state index in [4.69, 9.17) is 5.73 Å². The predicted octanol–water partition coefficient (Wildman–Crippen LogP) is 2.93. The number of thiophene rings is 1. The summed E-state index contributed by atoms with van der Waals surface area (Å²) in [6.07, 6.45) is 1.29. The van der Waals surface area contributed by atoms with Crippen molar-refractivity contribution in [1.29, 1.82) is 0 Å². The highest BCUT2D eigenvalue weighted by molar-refractivity contribution is 9.10. The van der Waals surface area contributed by atoms with Gasteiger partial charge in [-0.15, -0.1) is 11.3 Å². The summed E-state index contributed by atoms with van der Waals surface area (Å²) in [6.45, 7) is 6.61. The highest BCUT2D eigenvalue weighted by Crippen LogP contribution is 2.26. The molecule has 1 aliphatic heterocycles. The Labute approximate surface area is 110 Å². The van der Waals surface area contributed by atoms with E-state index in [-0.39, 0.29) is 0 Å². The molecule has 1 saturated heterocycles. The van der Waals surface area contributed by atoms with Crippen LogP contribution in [0.5, 0.6) is 0 Å². The number of hydrogen-bond donors (Lipinski definition) is 1. The first-order valence-electron chi connectivity index (χ1n) is 5.84. The summed E-state index contributed by atoms with van der Waals surface area (Å²) in [5.74, 6) is 1.47. The molecule has 4 heteroatoms. The largest absolute Gasteiger partial charge is 0.330 e. The van der Waals surface area contributed by atoms with Crippen molar-refractivity contribution in [3.05, 3.63) is 20.8 Å². The monoisotopic (exact) mass is 302 g/mol. The average molecular weight is 303 g/mol. The zero-order chi connectivity index (χ0) is 11.5. The van der Waals surface area contributed by atoms with E-state index in [1.54, 1.807) is 0 Å². The van der Waals surface area contributed by atoms with Crippen molar-refractivity contribution in [2.75, 3.05) is 19.6 Å². The third-order valence-electron chi connectivity index (χ3n) is 3.50. The summed E-state index contributed by atoms with van der Waals surface area (Å²) < 4.78 is 1.20. The molecule has 1 aliphatic rings. The molecule has 0 aromatic carbocycles. The van der Waals surface area contributed by atoms with Crippen LogP contribution < -0.4 is 5.73 Å². The van der Waals surface area contributed by atoms with E-state index in [2.05, 4.69) is 39.2 Å². The first-order valence-corrected chi connectivity index (χ1v) is 7.51. The second kappa shape index (κ2) is 5.63. The van der Waals surface area contributed by atoms with Gasteiger partial charge in [0.25, 0.3) is 0 Å². The Hall–Kier alpha value is 0.1000. The van der Waals surface area contributed by atoms with Gasteiger partial charge in [0.2, 0.25) is 0 Å². The zero-order valence-electron chi connectivity index (χ0n) is 9.66. The SMILES string of the molecule is CC1CCN(Cc2cc(Br)cs2)CC1CN. The lowest BCUT2D eigenvalue weighted by molar-refractivity contribution is 0.127. The van der Waals surface area contributed by atoms with Crippen molar-refractivity contribution >= 4 is 27.3 Å². The molecule has 2 atom stereocenters. The molecule has 0 saturated carbocycles. The summed E-state index contributed by atoms with van der Waals surface area (Å²) in [4.78, 5) is 3.98. The second-order valence-corrected chi connectivity index (χ2v) is 6.64. The van der Waals surface area contributed by atoms with Crippen LogP contribution in [0.3, 0.4) is 0 Å². The topological polar surface area (TPSA) is 29.3 Å². The maximum absolute atomic E-state index is 5.82. The number of likely N-dealkylation sites (tertiary alicyclic amines) is 1. The molecule has 1 aromatic rings. The summed E-state index contributed by atoms with van der Waals surface area (Å²) >= 11 is 5.34. The van der Waals surface area contributed by atoms with Gasteiger partial charge in [-0.25, -0.2) is 0 Å². The van der Waals surface area contributed by atoms with Gasteiger partial charge in [0, 0.05) is 27.8 Å². The standard InChI is InChI=1S/C12H19BrN2S/c1-9-2-3-15(6-10(9)5-14)7-12-4-11(13)8-16-12/h4,8-10H,2-3,5-7,14H2,1H3. The second-order valence-electron chi connectivity index (χ2n) is 4.73. The maximum Gasteiger partial charge on any atom is 0.0328 e. The van der Waals surface area contributed by atoms with Crippen LogP contribution in [0.15, 0.2) is 15.9 Å². The minimum absolute atomic E-state index is 0.678. The average Bonchev–Trinajstić information content (AvgIpc) is 2.67. The molecule has 1 fully saturated rings. The van der Waals surface area contributed by atoms with E-state index in [0.29, 0.717) is 5.92 Å². The number of piperidine rings is 1. The van der Waals surface area contributed by atoms with E-state index >= 15 is 0 Å². The third kappa shape index (κ3) is 3.06. The Balaban J connectivity index is 1.91. The molecule has 0 radical (unpaired) electrons. The molecule has 0 amide bonds. The van der Waals surface area contributed by atoms with E-state index < -0.39 is 0 Å². The van der Waals surface area contributed by atoms with Crippen LogP contribution in [0.2, 0.25) is 0 Å². The Kier molecular flexibility index (Phi) is 4.41. The lowest BCUT2D eigenvalue weighted by Gasteiger charge is -2.36. The van der Waals surface area contributed by atoms with Gasteiger partial charge in [-0.1, -0.05) is 6.92 Å². The van der Waals surface area contributed by atoms with Gasteiger partial charge >= 0.3 is 0 Å². The van der Waals surface area contributed by atoms with Gasteiger partial charge in [-0.05, 0) is 53.3 Å². The van der Waals surface area contributed by atoms with Crippen LogP contribution in [0.1, 0.15) is 18.2 Å². The molecule has 0 aliphatic carbocycles. The summed E-state index contributed by atoms with van der Waals surface area (Å²) in [5.41, 5.74) is 5.82. The van der Waals surface area contributed by atoms with Crippen molar-refractivity contribution in [2.45, 2.75) is 19.9 Å². The summed E-state index contributed by atoms with van der Waals surface area (Å²) in [5, 5.41) is 2.16. The van der Waals surface area contributed by atoms with Crippen LogP contribution in [0, 0.1) is 11.8 Å². The lowest BCUT2D eigenvalue weighted by Crippen LogP contribution is -2.42. The van der Waals surface area contributed by atoms with Crippen molar-refractivity contribution in [3.63, 3.8) is 0 Å². The molecular formula is C12H19BrN2S. The Morgan fingerprint density at radius 2 is 2.44 bits per heavy atom. The Morgan fingerprint density at radius 1 is 1.62 bits per heavy atom. The molecule has 16 heavy (non-hydrogen) atoms. The van der Waals surface area contributed by atoms with E-state index in [0.717, 1.165) is 25.6 Å². The van der Waals surface area contributed by atoms with Crippen molar-refractivity contribution in [2.24, 2.45) is 17.6 Å². The number of halogens is 1. The molecule has 1 aromatic heterocycles. The summed E-state index contributed by atoms with van der Waals surface area (Å²) in [6, 6.07) is 2.22. The Bertz CT molecular complexity index is 340. The number of nitrogens with zero attached hydrogens (tertiary/aromatic N) is 1. The zero-order valence-corrected chi connectivity index (χ0v) is 12.1. The van der Waals surface area contributed by atoms with Gasteiger partial charge in [0.15, 0.2) is 0 Å². The van der Waals surface area contributed by atoms with Crippen LogP contribution >= 0.6 is 27.3 Å². The minimum Gasteiger partial charge on any atom is -0.330 e. The summed E-state index contributed by atoms with van der Waals surface area (Å²) in [7, 11) is 0. The predicted molar refractivity (Wildman–Crippen MR) is 73.6 cm³/mol. The minimum atomic E-state index is 0.678. The van der Waals surface area contributed by atoms with Gasteiger partial charge in [0.05, 0.1) is 0 Å². The quantitative estimate of drug-likeness (QED) is 0.930. The molecule has 2 rings (SSSR count). The molecular weight excluding hydrogens is 284 g/mol. The lowest BCUT2D eigenvalue weighted by atomic mass is 9.87. The van der Waals surface area contributed by atoms with E-state index in [1.807, 2.05) is 11.3 Å². The van der Waals surface area contributed by atoms with Gasteiger partial charge in [-0.2, -0.15) is 0 Å². The number of nitrogens with two attached hydrogens (primary N) is 1. The van der Waals surface area contributed by atoms with Crippen molar-refractivity contribution < 1.29 is 0 Å². The van der Waals surface area contributed by atoms with Crippen LogP contribution in [-0.4, -0.2) is 24.5 Å². The number of hydrogen-bond acceptors (Lipinski definition) is 3. The van der Waals surface area contributed by atoms with Gasteiger partial charge < -0.3 is 5.73 Å². The molecule has 0 bridgehead atoms. The van der Waals surface area contributed by atoms with Crippen molar-refractivity contribution in [3.8, 4) is 0 Å². The molecule has 0 spiro atoms. The van der Waals surface area contributed by atoms with Gasteiger partial charge in [0.1, 0.15) is 0 Å². The molecule has 2 heterocycles. The van der Waals surface area contributed by atoms with E-state index in [1.165, 1.54) is 22.3 Å². The maximum atomic E-state index is 5.82. The first kappa shape index (κ1) is 12.6. The van der Waals surface area contributed by atoms with Crippen LogP contribution in [-0.2, 0) is 6.54 Å². The fourth-order valence-electron chi connectivity index (χ4n) is 2.33. The van der Waals surface area contributed by atoms with Crippen molar-refractivity contribution in [1.82, 2.24) is 4.90 Å². The fourth-order valence-corrected chi connectivity index (χ4v) is 3.82. The number of rotatable bonds is 3. The fraction of sp³-hybridized carbons (Fsp3) is 0.667.